The predicted octanol–water partition coefficient (Wildman–Crippen LogP) is 2.94. The Morgan fingerprint density at radius 1 is 1.41 bits per heavy atom. The SMILES string of the molecule is C=C(CC)CN1C(=O)C(=O)c2cccc(Br)c21. The number of carbonyl (C=O) groups excluding carboxylic acids is 2. The number of hydrogen-bond donors (Lipinski definition) is 0. The standard InChI is InChI=1S/C13H12BrNO2/c1-3-8(2)7-15-11-9(12(16)13(15)17)5-4-6-10(11)14/h4-6H,2-3,7H2,1H3. The number of fused-ring (bicyclic) bond motifs is 1. The molecule has 0 atom stereocenters. The van der Waals surface area contributed by atoms with Gasteiger partial charge in [-0.25, -0.2) is 0 Å². The summed E-state index contributed by atoms with van der Waals surface area (Å²) in [7, 11) is 0. The van der Waals surface area contributed by atoms with E-state index < -0.39 is 11.7 Å². The minimum absolute atomic E-state index is 0.399. The van der Waals surface area contributed by atoms with Crippen molar-refractivity contribution in [2.45, 2.75) is 13.3 Å². The zero-order chi connectivity index (χ0) is 12.6. The van der Waals surface area contributed by atoms with Gasteiger partial charge < -0.3 is 0 Å². The fourth-order valence-electron chi connectivity index (χ4n) is 1.80. The molecule has 0 saturated carbocycles. The van der Waals surface area contributed by atoms with Crippen molar-refractivity contribution in [2.24, 2.45) is 0 Å². The maximum atomic E-state index is 11.9. The van der Waals surface area contributed by atoms with Gasteiger partial charge in [0.2, 0.25) is 0 Å². The number of halogens is 1. The van der Waals surface area contributed by atoms with Crippen LogP contribution in [-0.2, 0) is 4.79 Å². The van der Waals surface area contributed by atoms with E-state index >= 15 is 0 Å². The number of para-hydroxylation sites is 1. The molecule has 4 heteroatoms. The van der Waals surface area contributed by atoms with Crippen LogP contribution in [-0.4, -0.2) is 18.2 Å². The molecule has 1 aliphatic rings. The highest BCUT2D eigenvalue weighted by Crippen LogP contribution is 2.36. The average Bonchev–Trinajstić information content (AvgIpc) is 2.56. The fourth-order valence-corrected chi connectivity index (χ4v) is 2.38. The van der Waals surface area contributed by atoms with Crippen LogP contribution in [0.5, 0.6) is 0 Å². The number of carbonyl (C=O) groups is 2. The molecule has 3 nitrogen and oxygen atoms in total. The van der Waals surface area contributed by atoms with Gasteiger partial charge in [-0.15, -0.1) is 0 Å². The molecule has 1 amide bonds. The average molecular weight is 294 g/mol. The Morgan fingerprint density at radius 2 is 2.12 bits per heavy atom. The molecule has 88 valence electrons. The van der Waals surface area contributed by atoms with Crippen molar-refractivity contribution < 1.29 is 9.59 Å². The first-order valence-electron chi connectivity index (χ1n) is 5.37. The first kappa shape index (κ1) is 12.0. The van der Waals surface area contributed by atoms with Crippen LogP contribution in [0.25, 0.3) is 0 Å². The smallest absolute Gasteiger partial charge is 0.299 e. The van der Waals surface area contributed by atoms with Gasteiger partial charge in [0.25, 0.3) is 11.7 Å². The number of anilines is 1. The van der Waals surface area contributed by atoms with Crippen molar-refractivity contribution in [1.29, 1.82) is 0 Å². The van der Waals surface area contributed by atoms with E-state index in [4.69, 9.17) is 0 Å². The summed E-state index contributed by atoms with van der Waals surface area (Å²) in [5.74, 6) is -0.910. The van der Waals surface area contributed by atoms with Crippen molar-refractivity contribution in [1.82, 2.24) is 0 Å². The molecule has 0 saturated heterocycles. The normalized spacial score (nSPS) is 14.1. The van der Waals surface area contributed by atoms with Gasteiger partial charge in [0.15, 0.2) is 0 Å². The van der Waals surface area contributed by atoms with E-state index in [2.05, 4.69) is 22.5 Å². The predicted molar refractivity (Wildman–Crippen MR) is 70.3 cm³/mol. The molecule has 1 heterocycles. The molecule has 1 aromatic rings. The maximum Gasteiger partial charge on any atom is 0.299 e. The molecule has 0 unspecified atom stereocenters. The number of rotatable bonds is 3. The Kier molecular flexibility index (Phi) is 3.15. The molecule has 2 rings (SSSR count). The van der Waals surface area contributed by atoms with Crippen molar-refractivity contribution in [3.8, 4) is 0 Å². The van der Waals surface area contributed by atoms with E-state index in [-0.39, 0.29) is 0 Å². The van der Waals surface area contributed by atoms with Crippen LogP contribution in [0.2, 0.25) is 0 Å². The molecule has 17 heavy (non-hydrogen) atoms. The largest absolute Gasteiger partial charge is 0.300 e. The van der Waals surface area contributed by atoms with Crippen LogP contribution in [0.4, 0.5) is 5.69 Å². The van der Waals surface area contributed by atoms with Gasteiger partial charge >= 0.3 is 0 Å². The first-order chi connectivity index (χ1) is 8.06. The highest BCUT2D eigenvalue weighted by Gasteiger charge is 2.36. The Morgan fingerprint density at radius 3 is 2.76 bits per heavy atom. The summed E-state index contributed by atoms with van der Waals surface area (Å²) >= 11 is 3.38. The zero-order valence-corrected chi connectivity index (χ0v) is 11.1. The van der Waals surface area contributed by atoms with Crippen LogP contribution in [0, 0.1) is 0 Å². The summed E-state index contributed by atoms with van der Waals surface area (Å²) in [6, 6.07) is 5.26. The molecule has 0 aromatic heterocycles. The zero-order valence-electron chi connectivity index (χ0n) is 9.50. The minimum atomic E-state index is -0.471. The summed E-state index contributed by atoms with van der Waals surface area (Å²) < 4.78 is 0.762. The fraction of sp³-hybridized carbons (Fsp3) is 0.231. The van der Waals surface area contributed by atoms with Crippen molar-refractivity contribution in [3.63, 3.8) is 0 Å². The number of ketones is 1. The Hall–Kier alpha value is -1.42. The molecule has 0 bridgehead atoms. The summed E-state index contributed by atoms with van der Waals surface area (Å²) in [4.78, 5) is 25.2. The first-order valence-corrected chi connectivity index (χ1v) is 6.17. The second-order valence-electron chi connectivity index (χ2n) is 3.96. The third-order valence-corrected chi connectivity index (χ3v) is 3.46. The van der Waals surface area contributed by atoms with Crippen LogP contribution in [0.3, 0.4) is 0 Å². The van der Waals surface area contributed by atoms with Crippen molar-refractivity contribution >= 4 is 33.3 Å². The monoisotopic (exact) mass is 293 g/mol. The highest BCUT2D eigenvalue weighted by atomic mass is 79.9. The van der Waals surface area contributed by atoms with E-state index in [0.29, 0.717) is 17.8 Å². The minimum Gasteiger partial charge on any atom is -0.300 e. The summed E-state index contributed by atoms with van der Waals surface area (Å²) in [6.45, 7) is 6.26. The van der Waals surface area contributed by atoms with Gasteiger partial charge in [0.05, 0.1) is 11.3 Å². The van der Waals surface area contributed by atoms with Gasteiger partial charge in [0, 0.05) is 11.0 Å². The Labute approximate surface area is 108 Å². The Balaban J connectivity index is 2.47. The van der Waals surface area contributed by atoms with E-state index in [0.717, 1.165) is 16.5 Å². The number of nitrogens with zero attached hydrogens (tertiary/aromatic N) is 1. The lowest BCUT2D eigenvalue weighted by Gasteiger charge is -2.18. The molecule has 0 fully saturated rings. The van der Waals surface area contributed by atoms with Crippen LogP contribution < -0.4 is 4.90 Å². The van der Waals surface area contributed by atoms with Crippen LogP contribution in [0.1, 0.15) is 23.7 Å². The lowest BCUT2D eigenvalue weighted by molar-refractivity contribution is -0.114. The molecule has 0 N–H and O–H groups in total. The molecule has 1 aromatic carbocycles. The van der Waals surface area contributed by atoms with Gasteiger partial charge in [-0.2, -0.15) is 0 Å². The molecule has 0 aliphatic carbocycles. The Bertz CT molecular complexity index is 522. The number of benzene rings is 1. The topological polar surface area (TPSA) is 37.4 Å². The van der Waals surface area contributed by atoms with E-state index in [1.807, 2.05) is 13.0 Å². The molecule has 1 aliphatic heterocycles. The van der Waals surface area contributed by atoms with Gasteiger partial charge in [-0.3, -0.25) is 14.5 Å². The van der Waals surface area contributed by atoms with Gasteiger partial charge in [0.1, 0.15) is 0 Å². The molecular weight excluding hydrogens is 282 g/mol. The summed E-state index contributed by atoms with van der Waals surface area (Å²) in [6.07, 6.45) is 0.789. The highest BCUT2D eigenvalue weighted by molar-refractivity contribution is 9.10. The number of Topliss-reactive ketones (excluding diaryl/α,β-unsaturated/α-hetero) is 1. The molecule has 0 radical (unpaired) electrons. The lowest BCUT2D eigenvalue weighted by atomic mass is 10.1. The second-order valence-corrected chi connectivity index (χ2v) is 4.81. The van der Waals surface area contributed by atoms with E-state index in [9.17, 15) is 9.59 Å². The van der Waals surface area contributed by atoms with Crippen molar-refractivity contribution in [2.75, 3.05) is 11.4 Å². The van der Waals surface area contributed by atoms with Crippen LogP contribution >= 0.6 is 15.9 Å². The third kappa shape index (κ3) is 1.93. The number of amides is 1. The lowest BCUT2D eigenvalue weighted by Crippen LogP contribution is -2.31. The van der Waals surface area contributed by atoms with Gasteiger partial charge in [-0.1, -0.05) is 25.1 Å². The second kappa shape index (κ2) is 4.45. The maximum absolute atomic E-state index is 11.9. The number of hydrogen-bond acceptors (Lipinski definition) is 2. The molecule has 0 spiro atoms. The molecular formula is C13H12BrNO2. The van der Waals surface area contributed by atoms with Crippen LogP contribution in [0.15, 0.2) is 34.8 Å². The van der Waals surface area contributed by atoms with E-state index in [1.54, 1.807) is 12.1 Å². The van der Waals surface area contributed by atoms with Crippen molar-refractivity contribution in [3.05, 3.63) is 40.4 Å². The summed E-state index contributed by atoms with van der Waals surface area (Å²) in [5.41, 5.74) is 2.06. The quantitative estimate of drug-likeness (QED) is 0.635. The van der Waals surface area contributed by atoms with Gasteiger partial charge in [-0.05, 0) is 34.5 Å². The third-order valence-electron chi connectivity index (χ3n) is 2.82. The van der Waals surface area contributed by atoms with E-state index in [1.165, 1.54) is 4.90 Å². The summed E-state index contributed by atoms with van der Waals surface area (Å²) in [5, 5.41) is 0.